The summed E-state index contributed by atoms with van der Waals surface area (Å²) in [7, 11) is 1.89. The molecule has 194 valence electrons. The molecule has 0 bridgehead atoms. The third kappa shape index (κ3) is 5.58. The molecular weight excluding hydrogens is 514 g/mol. The van der Waals surface area contributed by atoms with Gasteiger partial charge in [-0.2, -0.15) is 0 Å². The monoisotopic (exact) mass is 543 g/mol. The normalized spacial score (nSPS) is 12.0. The Morgan fingerprint density at radius 2 is 1.87 bits per heavy atom. The van der Waals surface area contributed by atoms with Crippen LogP contribution in [0.4, 0.5) is 5.69 Å². The molecule has 0 aliphatic carbocycles. The molecule has 3 aromatic carbocycles. The molecule has 38 heavy (non-hydrogen) atoms. The van der Waals surface area contributed by atoms with E-state index in [-0.39, 0.29) is 17.8 Å². The predicted octanol–water partition coefficient (Wildman–Crippen LogP) is 6.89. The zero-order valence-electron chi connectivity index (χ0n) is 22.0. The topological polar surface area (TPSA) is 81.9 Å². The van der Waals surface area contributed by atoms with Gasteiger partial charge in [0.05, 0.1) is 16.0 Å². The highest BCUT2D eigenvalue weighted by molar-refractivity contribution is 7.99. The van der Waals surface area contributed by atoms with Crippen molar-refractivity contribution in [2.45, 2.75) is 39.0 Å². The quantitative estimate of drug-likeness (QED) is 0.215. The Balaban J connectivity index is 1.17. The van der Waals surface area contributed by atoms with E-state index in [1.807, 2.05) is 61.9 Å². The molecular formula is C29H29N5O2S2. The fourth-order valence-corrected chi connectivity index (χ4v) is 5.87. The van der Waals surface area contributed by atoms with Crippen molar-refractivity contribution in [2.75, 3.05) is 11.1 Å². The van der Waals surface area contributed by atoms with Crippen molar-refractivity contribution in [3.8, 4) is 16.3 Å². The molecule has 0 radical (unpaired) electrons. The average molecular weight is 544 g/mol. The summed E-state index contributed by atoms with van der Waals surface area (Å²) in [5.74, 6) is 1.65. The molecule has 2 heterocycles. The van der Waals surface area contributed by atoms with E-state index in [0.29, 0.717) is 11.0 Å². The van der Waals surface area contributed by atoms with E-state index in [9.17, 15) is 4.79 Å². The highest BCUT2D eigenvalue weighted by atomic mass is 32.2. The van der Waals surface area contributed by atoms with Gasteiger partial charge in [0.25, 0.3) is 0 Å². The third-order valence-electron chi connectivity index (χ3n) is 6.38. The van der Waals surface area contributed by atoms with E-state index < -0.39 is 0 Å². The van der Waals surface area contributed by atoms with Crippen molar-refractivity contribution < 1.29 is 9.53 Å². The molecule has 0 spiro atoms. The minimum atomic E-state index is -0.283. The lowest BCUT2D eigenvalue weighted by molar-refractivity contribution is -0.113. The zero-order chi connectivity index (χ0) is 26.8. The van der Waals surface area contributed by atoms with Gasteiger partial charge in [-0.05, 0) is 86.8 Å². The number of nitrogens with one attached hydrogen (secondary N) is 1. The molecule has 5 aromatic rings. The third-order valence-corrected chi connectivity index (χ3v) is 8.47. The molecule has 0 saturated carbocycles. The highest BCUT2D eigenvalue weighted by Gasteiger charge is 2.19. The van der Waals surface area contributed by atoms with Crippen LogP contribution in [0.3, 0.4) is 0 Å². The number of thiazole rings is 1. The molecule has 0 saturated heterocycles. The van der Waals surface area contributed by atoms with Crippen molar-refractivity contribution in [2.24, 2.45) is 7.05 Å². The first-order chi connectivity index (χ1) is 18.3. The van der Waals surface area contributed by atoms with Crippen LogP contribution in [-0.2, 0) is 11.8 Å². The average Bonchev–Trinajstić information content (AvgIpc) is 3.49. The molecule has 1 atom stereocenters. The molecule has 2 aromatic heterocycles. The maximum absolute atomic E-state index is 12.6. The van der Waals surface area contributed by atoms with E-state index in [4.69, 9.17) is 9.72 Å². The van der Waals surface area contributed by atoms with Gasteiger partial charge in [0.15, 0.2) is 17.1 Å². The van der Waals surface area contributed by atoms with Crippen molar-refractivity contribution >= 4 is 44.9 Å². The number of benzene rings is 3. The van der Waals surface area contributed by atoms with Crippen LogP contribution in [0.25, 0.3) is 20.8 Å². The summed E-state index contributed by atoms with van der Waals surface area (Å²) >= 11 is 3.01. The first kappa shape index (κ1) is 25.9. The first-order valence-corrected chi connectivity index (χ1v) is 14.1. The van der Waals surface area contributed by atoms with Gasteiger partial charge < -0.3 is 14.6 Å². The van der Waals surface area contributed by atoms with E-state index in [1.165, 1.54) is 27.6 Å². The molecule has 5 rings (SSSR count). The minimum absolute atomic E-state index is 0.109. The Bertz CT molecular complexity index is 1610. The Morgan fingerprint density at radius 1 is 1.08 bits per heavy atom. The fraction of sp³-hybridized carbons (Fsp3) is 0.241. The number of nitrogens with zero attached hydrogens (tertiary/aromatic N) is 4. The van der Waals surface area contributed by atoms with Crippen LogP contribution in [0.2, 0.25) is 0 Å². The fourth-order valence-electron chi connectivity index (χ4n) is 4.08. The maximum atomic E-state index is 12.6. The van der Waals surface area contributed by atoms with Crippen LogP contribution >= 0.6 is 23.1 Å². The standard InChI is InChI=1S/C29H29N5O2S2/c1-17-9-14-23-25(15-17)38-28(31-23)21-10-12-22(13-11-21)30-26(35)16-37-29-33-32-27(34(29)5)20(4)36-24-8-6-7-18(2)19(24)3/h6-15,20H,16H2,1-5H3,(H,30,35). The number of thioether (sulfide) groups is 1. The Morgan fingerprint density at radius 3 is 2.66 bits per heavy atom. The number of anilines is 1. The summed E-state index contributed by atoms with van der Waals surface area (Å²) < 4.78 is 9.21. The van der Waals surface area contributed by atoms with Gasteiger partial charge in [0, 0.05) is 18.3 Å². The molecule has 9 heteroatoms. The summed E-state index contributed by atoms with van der Waals surface area (Å²) in [4.78, 5) is 17.4. The predicted molar refractivity (Wildman–Crippen MR) is 155 cm³/mol. The summed E-state index contributed by atoms with van der Waals surface area (Å²) in [6, 6.07) is 20.1. The number of ether oxygens (including phenoxy) is 1. The second kappa shape index (κ2) is 11.0. The van der Waals surface area contributed by atoms with Crippen LogP contribution in [0, 0.1) is 20.8 Å². The van der Waals surface area contributed by atoms with E-state index in [1.54, 1.807) is 11.3 Å². The molecule has 0 aliphatic heterocycles. The largest absolute Gasteiger partial charge is 0.482 e. The number of carbonyl (C=O) groups excluding carboxylic acids is 1. The number of aryl methyl sites for hydroxylation is 2. The lowest BCUT2D eigenvalue weighted by Crippen LogP contribution is -2.15. The van der Waals surface area contributed by atoms with Gasteiger partial charge in [-0.1, -0.05) is 30.0 Å². The summed E-state index contributed by atoms with van der Waals surface area (Å²) in [6.07, 6.45) is -0.283. The van der Waals surface area contributed by atoms with Gasteiger partial charge >= 0.3 is 0 Å². The van der Waals surface area contributed by atoms with Crippen molar-refractivity contribution in [1.82, 2.24) is 19.7 Å². The smallest absolute Gasteiger partial charge is 0.234 e. The van der Waals surface area contributed by atoms with Crippen LogP contribution in [0.5, 0.6) is 5.75 Å². The number of carbonyl (C=O) groups is 1. The Kier molecular flexibility index (Phi) is 7.49. The summed E-state index contributed by atoms with van der Waals surface area (Å²) in [5, 5.41) is 13.2. The van der Waals surface area contributed by atoms with Crippen LogP contribution in [-0.4, -0.2) is 31.4 Å². The molecule has 1 unspecified atom stereocenters. The molecule has 7 nitrogen and oxygen atoms in total. The maximum Gasteiger partial charge on any atom is 0.234 e. The zero-order valence-corrected chi connectivity index (χ0v) is 23.6. The van der Waals surface area contributed by atoms with Gasteiger partial charge in [-0.15, -0.1) is 21.5 Å². The number of hydrogen-bond donors (Lipinski definition) is 1. The first-order valence-electron chi connectivity index (χ1n) is 12.3. The number of fused-ring (bicyclic) bond motifs is 1. The number of amides is 1. The van der Waals surface area contributed by atoms with Gasteiger partial charge in [0.2, 0.25) is 5.91 Å². The minimum Gasteiger partial charge on any atom is -0.482 e. The molecule has 1 amide bonds. The second-order valence-corrected chi connectivity index (χ2v) is 11.2. The number of hydrogen-bond acceptors (Lipinski definition) is 7. The summed E-state index contributed by atoms with van der Waals surface area (Å²) in [6.45, 7) is 8.14. The lowest BCUT2D eigenvalue weighted by Gasteiger charge is -2.16. The van der Waals surface area contributed by atoms with E-state index in [2.05, 4.69) is 53.6 Å². The molecule has 0 fully saturated rings. The SMILES string of the molecule is Cc1ccc2nc(-c3ccc(NC(=O)CSc4nnc(C(C)Oc5cccc(C)c5C)n4C)cc3)sc2c1. The van der Waals surface area contributed by atoms with E-state index in [0.717, 1.165) is 33.1 Å². The van der Waals surface area contributed by atoms with Crippen molar-refractivity contribution in [3.05, 3.63) is 83.2 Å². The number of aromatic nitrogens is 4. The lowest BCUT2D eigenvalue weighted by atomic mass is 10.1. The van der Waals surface area contributed by atoms with E-state index >= 15 is 0 Å². The van der Waals surface area contributed by atoms with Crippen molar-refractivity contribution in [1.29, 1.82) is 0 Å². The van der Waals surface area contributed by atoms with Crippen LogP contribution < -0.4 is 10.1 Å². The second-order valence-electron chi connectivity index (χ2n) is 9.26. The van der Waals surface area contributed by atoms with Crippen LogP contribution in [0.15, 0.2) is 65.8 Å². The number of rotatable bonds is 8. The molecule has 0 aliphatic rings. The van der Waals surface area contributed by atoms with Gasteiger partial charge in [-0.25, -0.2) is 4.98 Å². The Hall–Kier alpha value is -3.69. The van der Waals surface area contributed by atoms with Crippen molar-refractivity contribution in [3.63, 3.8) is 0 Å². The Labute approximate surface area is 230 Å². The van der Waals surface area contributed by atoms with Crippen LogP contribution in [0.1, 0.15) is 35.5 Å². The summed E-state index contributed by atoms with van der Waals surface area (Å²) in [5.41, 5.74) is 6.28. The van der Waals surface area contributed by atoms with Gasteiger partial charge in [-0.3, -0.25) is 4.79 Å². The van der Waals surface area contributed by atoms with Gasteiger partial charge in [0.1, 0.15) is 10.8 Å². The highest BCUT2D eigenvalue weighted by Crippen LogP contribution is 2.31. The molecule has 1 N–H and O–H groups in total.